The van der Waals surface area contributed by atoms with Crippen LogP contribution in [0.25, 0.3) is 0 Å². The molecule has 108 valence electrons. The van der Waals surface area contributed by atoms with Crippen LogP contribution in [0.1, 0.15) is 30.0 Å². The van der Waals surface area contributed by atoms with Crippen molar-refractivity contribution >= 4 is 5.91 Å². The summed E-state index contributed by atoms with van der Waals surface area (Å²) in [6, 6.07) is 18.1. The van der Waals surface area contributed by atoms with Gasteiger partial charge in [-0.3, -0.25) is 4.79 Å². The van der Waals surface area contributed by atoms with Gasteiger partial charge in [0, 0.05) is 18.4 Å². The molecule has 3 nitrogen and oxygen atoms in total. The van der Waals surface area contributed by atoms with Crippen LogP contribution in [0.5, 0.6) is 5.75 Å². The smallest absolute Gasteiger partial charge is 0.220 e. The highest BCUT2D eigenvalue weighted by atomic mass is 16.5. The van der Waals surface area contributed by atoms with E-state index in [1.807, 2.05) is 42.5 Å². The fourth-order valence-corrected chi connectivity index (χ4v) is 2.66. The number of hydrogen-bond donors (Lipinski definition) is 1. The van der Waals surface area contributed by atoms with Gasteiger partial charge < -0.3 is 10.1 Å². The summed E-state index contributed by atoms with van der Waals surface area (Å²) >= 11 is 0. The maximum Gasteiger partial charge on any atom is 0.220 e. The molecule has 1 amide bonds. The van der Waals surface area contributed by atoms with Crippen LogP contribution in [0.2, 0.25) is 0 Å². The minimum Gasteiger partial charge on any atom is -0.493 e. The first-order chi connectivity index (χ1) is 10.3. The van der Waals surface area contributed by atoms with Crippen molar-refractivity contribution in [1.29, 1.82) is 0 Å². The molecule has 0 bridgehead atoms. The lowest BCUT2D eigenvalue weighted by molar-refractivity contribution is -0.122. The normalized spacial score (nSPS) is 16.7. The molecule has 0 fully saturated rings. The van der Waals surface area contributed by atoms with E-state index in [1.54, 1.807) is 0 Å². The van der Waals surface area contributed by atoms with Gasteiger partial charge in [0.2, 0.25) is 5.91 Å². The van der Waals surface area contributed by atoms with Gasteiger partial charge in [0.25, 0.3) is 0 Å². The van der Waals surface area contributed by atoms with Crippen LogP contribution in [-0.2, 0) is 11.2 Å². The summed E-state index contributed by atoms with van der Waals surface area (Å²) in [6.07, 6.45) is 2.12. The van der Waals surface area contributed by atoms with Crippen LogP contribution in [0, 0.1) is 0 Å². The Morgan fingerprint density at radius 3 is 2.71 bits per heavy atom. The van der Waals surface area contributed by atoms with Crippen molar-refractivity contribution < 1.29 is 9.53 Å². The Morgan fingerprint density at radius 2 is 1.86 bits per heavy atom. The Morgan fingerprint density at radius 1 is 1.10 bits per heavy atom. The van der Waals surface area contributed by atoms with Crippen LogP contribution >= 0.6 is 0 Å². The van der Waals surface area contributed by atoms with Crippen molar-refractivity contribution in [2.24, 2.45) is 0 Å². The van der Waals surface area contributed by atoms with E-state index in [-0.39, 0.29) is 11.9 Å². The fraction of sp³-hybridized carbons (Fsp3) is 0.278. The Hall–Kier alpha value is -2.29. The zero-order chi connectivity index (χ0) is 14.5. The number of carbonyl (C=O) groups is 1. The topological polar surface area (TPSA) is 38.3 Å². The van der Waals surface area contributed by atoms with Crippen LogP contribution < -0.4 is 10.1 Å². The highest BCUT2D eigenvalue weighted by Crippen LogP contribution is 2.31. The van der Waals surface area contributed by atoms with Gasteiger partial charge in [0.1, 0.15) is 5.75 Å². The van der Waals surface area contributed by atoms with Crippen LogP contribution in [-0.4, -0.2) is 12.5 Å². The number of carbonyl (C=O) groups excluding carboxylic acids is 1. The van der Waals surface area contributed by atoms with Gasteiger partial charge in [-0.1, -0.05) is 48.5 Å². The first kappa shape index (κ1) is 13.7. The number of aryl methyl sites for hydroxylation is 1. The van der Waals surface area contributed by atoms with Crippen LogP contribution in [0.4, 0.5) is 0 Å². The number of rotatable bonds is 4. The minimum absolute atomic E-state index is 0.0678. The molecule has 2 aromatic rings. The van der Waals surface area contributed by atoms with E-state index in [9.17, 15) is 4.79 Å². The summed E-state index contributed by atoms with van der Waals surface area (Å²) in [6.45, 7) is 0.653. The molecule has 1 aliphatic heterocycles. The number of fused-ring (bicyclic) bond motifs is 1. The van der Waals surface area contributed by atoms with Crippen molar-refractivity contribution in [1.82, 2.24) is 5.32 Å². The number of para-hydroxylation sites is 1. The molecular formula is C18H19NO2. The number of nitrogens with one attached hydrogen (secondary N) is 1. The summed E-state index contributed by atoms with van der Waals surface area (Å²) in [7, 11) is 0. The monoisotopic (exact) mass is 281 g/mol. The largest absolute Gasteiger partial charge is 0.493 e. The molecule has 0 unspecified atom stereocenters. The summed E-state index contributed by atoms with van der Waals surface area (Å²) in [4.78, 5) is 12.1. The van der Waals surface area contributed by atoms with E-state index in [4.69, 9.17) is 4.74 Å². The van der Waals surface area contributed by atoms with E-state index >= 15 is 0 Å². The number of hydrogen-bond acceptors (Lipinski definition) is 2. The second-order valence-electron chi connectivity index (χ2n) is 5.28. The van der Waals surface area contributed by atoms with Crippen LogP contribution in [0.15, 0.2) is 54.6 Å². The van der Waals surface area contributed by atoms with E-state index in [0.29, 0.717) is 13.0 Å². The van der Waals surface area contributed by atoms with E-state index in [2.05, 4.69) is 17.4 Å². The third kappa shape index (κ3) is 3.43. The van der Waals surface area contributed by atoms with Gasteiger partial charge in [0.05, 0.1) is 12.6 Å². The highest BCUT2D eigenvalue weighted by Gasteiger charge is 2.22. The van der Waals surface area contributed by atoms with E-state index < -0.39 is 0 Å². The number of benzene rings is 2. The summed E-state index contributed by atoms with van der Waals surface area (Å²) in [5, 5.41) is 3.13. The lowest BCUT2D eigenvalue weighted by Gasteiger charge is -2.26. The summed E-state index contributed by atoms with van der Waals surface area (Å²) in [5.41, 5.74) is 2.27. The van der Waals surface area contributed by atoms with Crippen molar-refractivity contribution in [2.75, 3.05) is 6.61 Å². The molecule has 1 heterocycles. The quantitative estimate of drug-likeness (QED) is 0.934. The first-order valence-corrected chi connectivity index (χ1v) is 7.38. The van der Waals surface area contributed by atoms with E-state index in [1.165, 1.54) is 5.56 Å². The predicted molar refractivity (Wildman–Crippen MR) is 82.2 cm³/mol. The van der Waals surface area contributed by atoms with Crippen molar-refractivity contribution in [3.8, 4) is 5.75 Å². The zero-order valence-electron chi connectivity index (χ0n) is 11.9. The summed E-state index contributed by atoms with van der Waals surface area (Å²) < 4.78 is 5.61. The first-order valence-electron chi connectivity index (χ1n) is 7.38. The van der Waals surface area contributed by atoms with Crippen molar-refractivity contribution in [2.45, 2.75) is 25.3 Å². The average molecular weight is 281 g/mol. The molecule has 0 spiro atoms. The second-order valence-corrected chi connectivity index (χ2v) is 5.28. The minimum atomic E-state index is 0.0678. The Bertz CT molecular complexity index is 610. The van der Waals surface area contributed by atoms with Crippen molar-refractivity contribution in [3.05, 3.63) is 65.7 Å². The highest BCUT2D eigenvalue weighted by molar-refractivity contribution is 5.76. The molecule has 0 radical (unpaired) electrons. The Balaban J connectivity index is 1.58. The fourth-order valence-electron chi connectivity index (χ4n) is 2.66. The van der Waals surface area contributed by atoms with Gasteiger partial charge in [-0.25, -0.2) is 0 Å². The van der Waals surface area contributed by atoms with Gasteiger partial charge in [-0.2, -0.15) is 0 Å². The molecule has 0 saturated heterocycles. The summed E-state index contributed by atoms with van der Waals surface area (Å²) in [5.74, 6) is 0.984. The average Bonchev–Trinajstić information content (AvgIpc) is 2.54. The molecule has 0 aliphatic carbocycles. The third-order valence-corrected chi connectivity index (χ3v) is 3.78. The lowest BCUT2D eigenvalue weighted by atomic mass is 10.00. The third-order valence-electron chi connectivity index (χ3n) is 3.78. The second kappa shape index (κ2) is 6.44. The van der Waals surface area contributed by atoms with Crippen LogP contribution in [0.3, 0.4) is 0 Å². The SMILES string of the molecule is O=C(CCc1ccccc1)N[C@H]1CCOc2ccccc21. The zero-order valence-corrected chi connectivity index (χ0v) is 11.9. The molecular weight excluding hydrogens is 262 g/mol. The van der Waals surface area contributed by atoms with E-state index in [0.717, 1.165) is 24.2 Å². The molecule has 3 heteroatoms. The Kier molecular flexibility index (Phi) is 4.20. The maximum absolute atomic E-state index is 12.1. The lowest BCUT2D eigenvalue weighted by Crippen LogP contribution is -2.32. The maximum atomic E-state index is 12.1. The molecule has 3 rings (SSSR count). The molecule has 1 N–H and O–H groups in total. The number of amides is 1. The molecule has 2 aromatic carbocycles. The molecule has 0 aromatic heterocycles. The molecule has 21 heavy (non-hydrogen) atoms. The Labute approximate surface area is 124 Å². The van der Waals surface area contributed by atoms with Gasteiger partial charge in [-0.05, 0) is 18.1 Å². The van der Waals surface area contributed by atoms with Crippen molar-refractivity contribution in [3.63, 3.8) is 0 Å². The van der Waals surface area contributed by atoms with Gasteiger partial charge >= 0.3 is 0 Å². The molecule has 1 aliphatic rings. The standard InChI is InChI=1S/C18H19NO2/c20-18(11-10-14-6-2-1-3-7-14)19-16-12-13-21-17-9-5-4-8-15(16)17/h1-9,16H,10-13H2,(H,19,20)/t16-/m0/s1. The van der Waals surface area contributed by atoms with Gasteiger partial charge in [-0.15, -0.1) is 0 Å². The number of ether oxygens (including phenoxy) is 1. The molecule has 1 atom stereocenters. The van der Waals surface area contributed by atoms with Gasteiger partial charge in [0.15, 0.2) is 0 Å². The predicted octanol–water partition coefficient (Wildman–Crippen LogP) is 3.26. The molecule has 0 saturated carbocycles.